The molecule has 5 nitrogen and oxygen atoms in total. The molecule has 0 spiro atoms. The molecule has 8 heteroatoms. The van der Waals surface area contributed by atoms with E-state index in [1.807, 2.05) is 6.07 Å². The lowest BCUT2D eigenvalue weighted by Gasteiger charge is -2.09. The number of hydrogen-bond donors (Lipinski definition) is 2. The second kappa shape index (κ2) is 5.90. The highest BCUT2D eigenvalue weighted by atomic mass is 79.9. The third kappa shape index (κ3) is 3.02. The number of aromatic nitrogens is 1. The largest absolute Gasteiger partial charge is 0.465 e. The predicted octanol–water partition coefficient (Wildman–Crippen LogP) is 5.08. The summed E-state index contributed by atoms with van der Waals surface area (Å²) < 4.78 is 21.3. The minimum Gasteiger partial charge on any atom is -0.465 e. The number of rotatable bonds is 3. The van der Waals surface area contributed by atoms with Gasteiger partial charge < -0.3 is 9.84 Å². The van der Waals surface area contributed by atoms with E-state index in [1.165, 1.54) is 23.5 Å². The van der Waals surface area contributed by atoms with Gasteiger partial charge in [-0.25, -0.2) is 9.18 Å². The summed E-state index contributed by atoms with van der Waals surface area (Å²) in [4.78, 5) is 14.7. The number of fused-ring (bicyclic) bond motifs is 1. The van der Waals surface area contributed by atoms with Gasteiger partial charge in [0.25, 0.3) is 0 Å². The summed E-state index contributed by atoms with van der Waals surface area (Å²) in [6.07, 6.45) is 0.321. The molecule has 0 unspecified atom stereocenters. The van der Waals surface area contributed by atoms with Crippen LogP contribution in [0.3, 0.4) is 0 Å². The molecular weight excluding hydrogens is 375 g/mol. The number of benzene rings is 1. The van der Waals surface area contributed by atoms with E-state index in [4.69, 9.17) is 9.84 Å². The van der Waals surface area contributed by atoms with Crippen molar-refractivity contribution in [3.63, 3.8) is 0 Å². The zero-order valence-corrected chi connectivity index (χ0v) is 13.2. The number of carboxylic acid groups (broad SMARTS) is 1. The van der Waals surface area contributed by atoms with Crippen molar-refractivity contribution in [2.24, 2.45) is 0 Å². The van der Waals surface area contributed by atoms with Gasteiger partial charge in [0, 0.05) is 24.0 Å². The first-order valence-electron chi connectivity index (χ1n) is 6.04. The van der Waals surface area contributed by atoms with Gasteiger partial charge in [-0.2, -0.15) is 0 Å². The van der Waals surface area contributed by atoms with Crippen LogP contribution in [-0.2, 0) is 0 Å². The van der Waals surface area contributed by atoms with Gasteiger partial charge in [0.15, 0.2) is 11.6 Å². The Bertz CT molecular complexity index is 868. The van der Waals surface area contributed by atoms with Crippen molar-refractivity contribution in [2.75, 3.05) is 5.32 Å². The molecule has 0 aliphatic heterocycles. The van der Waals surface area contributed by atoms with Gasteiger partial charge in [-0.3, -0.25) is 10.3 Å². The lowest BCUT2D eigenvalue weighted by molar-refractivity contribution is 0.209. The van der Waals surface area contributed by atoms with E-state index in [2.05, 4.69) is 26.2 Å². The number of carbonyl (C=O) groups is 1. The first-order chi connectivity index (χ1) is 10.5. The summed E-state index contributed by atoms with van der Waals surface area (Å²) in [6.45, 7) is 0. The van der Waals surface area contributed by atoms with Crippen LogP contribution in [0.5, 0.6) is 11.5 Å². The average Bonchev–Trinajstić information content (AvgIpc) is 2.82. The maximum atomic E-state index is 14.0. The van der Waals surface area contributed by atoms with Crippen LogP contribution in [0.25, 0.3) is 10.2 Å². The SMILES string of the molecule is O=C(O)Nc1ccc(Oc2ccnc3cc(Br)sc23)c(F)c1. The molecule has 0 saturated heterocycles. The number of thiophene rings is 1. The molecule has 22 heavy (non-hydrogen) atoms. The van der Waals surface area contributed by atoms with E-state index < -0.39 is 11.9 Å². The van der Waals surface area contributed by atoms with E-state index in [-0.39, 0.29) is 11.4 Å². The molecule has 2 aromatic heterocycles. The van der Waals surface area contributed by atoms with Crippen LogP contribution in [0.4, 0.5) is 14.9 Å². The molecule has 0 saturated carbocycles. The summed E-state index contributed by atoms with van der Waals surface area (Å²) in [7, 11) is 0. The van der Waals surface area contributed by atoms with Gasteiger partial charge in [0.2, 0.25) is 0 Å². The molecule has 0 atom stereocenters. The first-order valence-corrected chi connectivity index (χ1v) is 7.65. The maximum absolute atomic E-state index is 14.0. The van der Waals surface area contributed by atoms with Crippen molar-refractivity contribution in [3.8, 4) is 11.5 Å². The first kappa shape index (κ1) is 14.7. The van der Waals surface area contributed by atoms with Crippen LogP contribution in [0.15, 0.2) is 40.3 Å². The summed E-state index contributed by atoms with van der Waals surface area (Å²) in [5, 5.41) is 10.7. The molecule has 2 heterocycles. The zero-order valence-electron chi connectivity index (χ0n) is 10.8. The van der Waals surface area contributed by atoms with E-state index in [1.54, 1.807) is 12.3 Å². The minimum atomic E-state index is -1.26. The molecular formula is C14H8BrFN2O3S. The topological polar surface area (TPSA) is 71.5 Å². The molecule has 0 fully saturated rings. The predicted molar refractivity (Wildman–Crippen MR) is 85.4 cm³/mol. The molecule has 0 bridgehead atoms. The fraction of sp³-hybridized carbons (Fsp3) is 0. The van der Waals surface area contributed by atoms with Crippen LogP contribution in [0, 0.1) is 5.82 Å². The number of pyridine rings is 1. The molecule has 112 valence electrons. The summed E-state index contributed by atoms with van der Waals surface area (Å²) in [5.41, 5.74) is 0.884. The van der Waals surface area contributed by atoms with Crippen molar-refractivity contribution in [1.82, 2.24) is 4.98 Å². The van der Waals surface area contributed by atoms with E-state index >= 15 is 0 Å². The lowest BCUT2D eigenvalue weighted by Crippen LogP contribution is -2.07. The molecule has 1 amide bonds. The fourth-order valence-electron chi connectivity index (χ4n) is 1.87. The molecule has 0 radical (unpaired) electrons. The summed E-state index contributed by atoms with van der Waals surface area (Å²) in [6, 6.07) is 7.36. The number of amides is 1. The lowest BCUT2D eigenvalue weighted by atomic mass is 10.3. The third-order valence-corrected chi connectivity index (χ3v) is 4.39. The van der Waals surface area contributed by atoms with Crippen molar-refractivity contribution < 1.29 is 19.0 Å². The van der Waals surface area contributed by atoms with Crippen molar-refractivity contribution in [2.45, 2.75) is 0 Å². The quantitative estimate of drug-likeness (QED) is 0.662. The zero-order chi connectivity index (χ0) is 15.7. The smallest absolute Gasteiger partial charge is 0.409 e. The second-order valence-electron chi connectivity index (χ2n) is 4.25. The summed E-state index contributed by atoms with van der Waals surface area (Å²) in [5.74, 6) is -0.168. The molecule has 1 aromatic carbocycles. The van der Waals surface area contributed by atoms with E-state index in [0.29, 0.717) is 5.75 Å². The van der Waals surface area contributed by atoms with Crippen molar-refractivity contribution in [1.29, 1.82) is 0 Å². The Kier molecular flexibility index (Phi) is 3.95. The van der Waals surface area contributed by atoms with Gasteiger partial charge in [-0.15, -0.1) is 11.3 Å². The van der Waals surface area contributed by atoms with Crippen LogP contribution in [0.1, 0.15) is 0 Å². The number of anilines is 1. The highest BCUT2D eigenvalue weighted by Crippen LogP contribution is 2.37. The van der Waals surface area contributed by atoms with Gasteiger partial charge in [0.1, 0.15) is 5.75 Å². The highest BCUT2D eigenvalue weighted by molar-refractivity contribution is 9.11. The van der Waals surface area contributed by atoms with Gasteiger partial charge in [-0.05, 0) is 34.1 Å². The highest BCUT2D eigenvalue weighted by Gasteiger charge is 2.12. The Hall–Kier alpha value is -2.19. The van der Waals surface area contributed by atoms with Crippen LogP contribution in [-0.4, -0.2) is 16.2 Å². The van der Waals surface area contributed by atoms with Gasteiger partial charge in [-0.1, -0.05) is 0 Å². The van der Waals surface area contributed by atoms with E-state index in [0.717, 1.165) is 20.1 Å². The van der Waals surface area contributed by atoms with E-state index in [9.17, 15) is 9.18 Å². The molecule has 3 rings (SSSR count). The Balaban J connectivity index is 1.93. The van der Waals surface area contributed by atoms with Gasteiger partial charge >= 0.3 is 6.09 Å². The maximum Gasteiger partial charge on any atom is 0.409 e. The minimum absolute atomic E-state index is 0.00737. The van der Waals surface area contributed by atoms with Crippen LogP contribution >= 0.6 is 27.3 Å². The Labute approximate surface area is 136 Å². The Morgan fingerprint density at radius 1 is 1.32 bits per heavy atom. The summed E-state index contributed by atoms with van der Waals surface area (Å²) >= 11 is 4.81. The number of halogens is 2. The number of nitrogens with one attached hydrogen (secondary N) is 1. The van der Waals surface area contributed by atoms with Crippen molar-refractivity contribution in [3.05, 3.63) is 46.1 Å². The number of ether oxygens (including phenoxy) is 1. The number of hydrogen-bond acceptors (Lipinski definition) is 4. The van der Waals surface area contributed by atoms with Crippen LogP contribution < -0.4 is 10.1 Å². The second-order valence-corrected chi connectivity index (χ2v) is 6.68. The number of nitrogens with zero attached hydrogens (tertiary/aromatic N) is 1. The van der Waals surface area contributed by atoms with Gasteiger partial charge in [0.05, 0.1) is 14.0 Å². The Morgan fingerprint density at radius 2 is 2.14 bits per heavy atom. The van der Waals surface area contributed by atoms with Crippen molar-refractivity contribution >= 4 is 49.3 Å². The fourth-order valence-corrected chi connectivity index (χ4v) is 3.36. The average molecular weight is 383 g/mol. The molecule has 2 N–H and O–H groups in total. The Morgan fingerprint density at radius 3 is 2.86 bits per heavy atom. The monoisotopic (exact) mass is 382 g/mol. The standard InChI is InChI=1S/C14H8BrFN2O3S/c15-12-6-9-13(22-12)11(3-4-17-9)21-10-2-1-7(5-8(10)16)18-14(19)20/h1-6,18H,(H,19,20). The molecule has 0 aliphatic carbocycles. The normalized spacial score (nSPS) is 10.6. The molecule has 0 aliphatic rings. The third-order valence-electron chi connectivity index (χ3n) is 2.75. The van der Waals surface area contributed by atoms with Crippen LogP contribution in [0.2, 0.25) is 0 Å². The molecule has 3 aromatic rings.